The number of phenolic OH excluding ortho intramolecular Hbond substituents is 1. The Morgan fingerprint density at radius 2 is 1.46 bits per heavy atom. The van der Waals surface area contributed by atoms with Gasteiger partial charge in [-0.25, -0.2) is 0 Å². The molecule has 11 heteroatoms. The molecule has 0 aliphatic carbocycles. The van der Waals surface area contributed by atoms with Gasteiger partial charge in [0.2, 0.25) is 11.5 Å². The summed E-state index contributed by atoms with van der Waals surface area (Å²) in [5.41, 5.74) is 5.58. The molecule has 0 saturated carbocycles. The number of nitro benzene ring substituents is 1. The van der Waals surface area contributed by atoms with E-state index in [1.54, 1.807) is 27.4 Å². The summed E-state index contributed by atoms with van der Waals surface area (Å²) in [4.78, 5) is 16.1. The van der Waals surface area contributed by atoms with E-state index in [1.807, 2.05) is 37.4 Å². The molecule has 0 fully saturated rings. The summed E-state index contributed by atoms with van der Waals surface area (Å²) in [6, 6.07) is 16.7. The van der Waals surface area contributed by atoms with Crippen LogP contribution in [0.25, 0.3) is 0 Å². The Morgan fingerprint density at radius 1 is 0.792 bits per heavy atom. The van der Waals surface area contributed by atoms with E-state index < -0.39 is 16.4 Å². The molecular weight excluding hydrogens is 614 g/mol. The van der Waals surface area contributed by atoms with E-state index in [2.05, 4.69) is 29.0 Å². The van der Waals surface area contributed by atoms with Gasteiger partial charge >= 0.3 is 5.69 Å². The predicted molar refractivity (Wildman–Crippen MR) is 179 cm³/mol. The van der Waals surface area contributed by atoms with Gasteiger partial charge in [-0.1, -0.05) is 12.1 Å². The van der Waals surface area contributed by atoms with Crippen molar-refractivity contribution in [2.75, 3.05) is 48.5 Å². The number of benzene rings is 4. The first-order valence-electron chi connectivity index (χ1n) is 16.0. The first-order chi connectivity index (χ1) is 23.2. The van der Waals surface area contributed by atoms with Crippen molar-refractivity contribution in [2.24, 2.45) is 0 Å². The van der Waals surface area contributed by atoms with Gasteiger partial charge in [0, 0.05) is 36.8 Å². The van der Waals surface area contributed by atoms with Crippen LogP contribution < -0.4 is 23.7 Å². The lowest BCUT2D eigenvalue weighted by Gasteiger charge is -2.37. The van der Waals surface area contributed by atoms with Crippen LogP contribution in [-0.4, -0.2) is 68.3 Å². The molecular formula is C37H39N3O8. The second kappa shape index (κ2) is 12.6. The Labute approximate surface area is 279 Å². The first kappa shape index (κ1) is 31.6. The zero-order valence-electron chi connectivity index (χ0n) is 27.7. The van der Waals surface area contributed by atoms with Crippen LogP contribution in [0.3, 0.4) is 0 Å². The Bertz CT molecular complexity index is 1890. The molecule has 1 N–H and O–H groups in total. The molecule has 6 bridgehead atoms. The van der Waals surface area contributed by atoms with E-state index in [-0.39, 0.29) is 17.8 Å². The van der Waals surface area contributed by atoms with E-state index in [0.29, 0.717) is 46.5 Å². The van der Waals surface area contributed by atoms with Crippen LogP contribution in [0.5, 0.6) is 46.0 Å². The number of methoxy groups -OCH3 is 3. The number of rotatable bonds is 4. The first-order valence-corrected chi connectivity index (χ1v) is 16.0. The highest BCUT2D eigenvalue weighted by Gasteiger charge is 2.35. The molecule has 4 aliphatic rings. The summed E-state index contributed by atoms with van der Waals surface area (Å²) >= 11 is 0. The number of aromatic hydroxyl groups is 1. The van der Waals surface area contributed by atoms with Crippen molar-refractivity contribution in [3.63, 3.8) is 0 Å². The van der Waals surface area contributed by atoms with Crippen LogP contribution in [-0.2, 0) is 25.7 Å². The summed E-state index contributed by atoms with van der Waals surface area (Å²) in [6.45, 7) is 1.63. The van der Waals surface area contributed by atoms with Gasteiger partial charge in [0.05, 0.1) is 26.3 Å². The number of ether oxygens (including phenoxy) is 5. The van der Waals surface area contributed by atoms with Crippen molar-refractivity contribution in [3.8, 4) is 46.0 Å². The molecule has 2 unspecified atom stereocenters. The fourth-order valence-electron chi connectivity index (χ4n) is 7.33. The summed E-state index contributed by atoms with van der Waals surface area (Å²) in [7, 11) is 8.99. The zero-order valence-corrected chi connectivity index (χ0v) is 27.7. The topological polar surface area (TPSA) is 116 Å². The lowest BCUT2D eigenvalue weighted by Crippen LogP contribution is -2.34. The smallest absolute Gasteiger partial charge is 0.314 e. The highest BCUT2D eigenvalue weighted by atomic mass is 16.6. The van der Waals surface area contributed by atoms with E-state index in [1.165, 1.54) is 11.6 Å². The molecule has 4 aromatic rings. The number of hydrogen-bond acceptors (Lipinski definition) is 10. The average molecular weight is 654 g/mol. The van der Waals surface area contributed by atoms with Crippen LogP contribution in [0.15, 0.2) is 54.6 Å². The minimum absolute atomic E-state index is 0.0203. The Hall–Kier alpha value is -5.00. The summed E-state index contributed by atoms with van der Waals surface area (Å²) in [5, 5.41) is 23.1. The standard InChI is InChI=1S/C37H39N3O8/c1-38-12-10-23-18-30(44-3)31-20-26(23)27(38)14-21-6-8-25(9-7-21)47-32-17-22(16-29(35(32)41)40(42)43)15-28-34-24(11-13-39(28)2)19-33(45-4)36(46-5)37(34)48-31/h6-9,16-20,27-28,41H,10-15H2,1-5H3. The van der Waals surface area contributed by atoms with E-state index in [0.717, 1.165) is 54.6 Å². The molecule has 0 radical (unpaired) electrons. The minimum Gasteiger partial charge on any atom is -0.499 e. The molecule has 0 spiro atoms. The largest absolute Gasteiger partial charge is 0.499 e. The number of likely N-dealkylation sites (N-methyl/N-ethyl adjacent to an activating group) is 2. The SMILES string of the molecule is COc1cc2c3cc1Oc1c(OC)c(OC)cc4c1C(Cc1cc(c(O)c([N+](=O)[O-])c1)Oc1ccc(cc1)CC3N(C)CC2)N(C)CC4. The summed E-state index contributed by atoms with van der Waals surface area (Å²) in [5.74, 6) is 2.64. The number of nitro groups is 1. The molecule has 0 saturated heterocycles. The molecule has 2 atom stereocenters. The fraction of sp³-hybridized carbons (Fsp3) is 0.351. The van der Waals surface area contributed by atoms with E-state index in [4.69, 9.17) is 23.7 Å². The minimum atomic E-state index is -0.587. The molecule has 8 rings (SSSR count). The highest BCUT2D eigenvalue weighted by molar-refractivity contribution is 5.64. The third-order valence-electron chi connectivity index (χ3n) is 9.93. The lowest BCUT2D eigenvalue weighted by atomic mass is 9.87. The Morgan fingerprint density at radius 3 is 2.15 bits per heavy atom. The normalized spacial score (nSPS) is 18.9. The molecule has 4 aliphatic heterocycles. The Kier molecular flexibility index (Phi) is 8.26. The van der Waals surface area contributed by atoms with Crippen molar-refractivity contribution in [3.05, 3.63) is 98.1 Å². The van der Waals surface area contributed by atoms with Gasteiger partial charge in [-0.2, -0.15) is 0 Å². The molecule has 4 heterocycles. The maximum Gasteiger partial charge on any atom is 0.314 e. The predicted octanol–water partition coefficient (Wildman–Crippen LogP) is 6.77. The number of nitrogens with zero attached hydrogens (tertiary/aromatic N) is 3. The van der Waals surface area contributed by atoms with Crippen LogP contribution in [0.1, 0.15) is 45.5 Å². The monoisotopic (exact) mass is 653 g/mol. The molecule has 0 aromatic heterocycles. The van der Waals surface area contributed by atoms with Crippen molar-refractivity contribution < 1.29 is 33.7 Å². The summed E-state index contributed by atoms with van der Waals surface area (Å²) in [6.07, 6.45) is 2.70. The van der Waals surface area contributed by atoms with Gasteiger partial charge in [0.15, 0.2) is 28.7 Å². The molecule has 48 heavy (non-hydrogen) atoms. The lowest BCUT2D eigenvalue weighted by molar-refractivity contribution is -0.386. The highest BCUT2D eigenvalue weighted by Crippen LogP contribution is 2.52. The second-order valence-corrected chi connectivity index (χ2v) is 12.7. The fourth-order valence-corrected chi connectivity index (χ4v) is 7.33. The van der Waals surface area contributed by atoms with E-state index in [9.17, 15) is 15.2 Å². The van der Waals surface area contributed by atoms with Gasteiger partial charge in [-0.05, 0) is 104 Å². The third kappa shape index (κ3) is 5.52. The van der Waals surface area contributed by atoms with Crippen molar-refractivity contribution >= 4 is 5.69 Å². The third-order valence-corrected chi connectivity index (χ3v) is 9.93. The zero-order chi connectivity index (χ0) is 33.7. The van der Waals surface area contributed by atoms with Gasteiger partial charge in [0.1, 0.15) is 5.75 Å². The van der Waals surface area contributed by atoms with Gasteiger partial charge in [0.25, 0.3) is 0 Å². The van der Waals surface area contributed by atoms with Crippen LogP contribution >= 0.6 is 0 Å². The van der Waals surface area contributed by atoms with Crippen molar-refractivity contribution in [1.29, 1.82) is 0 Å². The number of fused-ring (bicyclic) bond motifs is 2. The number of hydrogen-bond donors (Lipinski definition) is 1. The maximum absolute atomic E-state index is 12.1. The van der Waals surface area contributed by atoms with Gasteiger partial charge < -0.3 is 28.8 Å². The molecule has 250 valence electrons. The van der Waals surface area contributed by atoms with Crippen molar-refractivity contribution in [2.45, 2.75) is 37.8 Å². The second-order valence-electron chi connectivity index (χ2n) is 12.7. The van der Waals surface area contributed by atoms with Gasteiger partial charge in [-0.3, -0.25) is 19.9 Å². The number of phenols is 1. The van der Waals surface area contributed by atoms with Gasteiger partial charge in [-0.15, -0.1) is 0 Å². The van der Waals surface area contributed by atoms with Crippen molar-refractivity contribution in [1.82, 2.24) is 9.80 Å². The van der Waals surface area contributed by atoms with Crippen LogP contribution in [0.4, 0.5) is 5.69 Å². The quantitative estimate of drug-likeness (QED) is 0.187. The molecule has 0 amide bonds. The summed E-state index contributed by atoms with van der Waals surface area (Å²) < 4.78 is 30.8. The average Bonchev–Trinajstić information content (AvgIpc) is 3.08. The molecule has 11 nitrogen and oxygen atoms in total. The van der Waals surface area contributed by atoms with Crippen LogP contribution in [0.2, 0.25) is 0 Å². The van der Waals surface area contributed by atoms with Crippen LogP contribution in [0, 0.1) is 10.1 Å². The Balaban J connectivity index is 1.49. The molecule has 4 aromatic carbocycles. The maximum atomic E-state index is 12.1. The van der Waals surface area contributed by atoms with E-state index >= 15 is 0 Å².